The highest BCUT2D eigenvalue weighted by atomic mass is 14.4. The van der Waals surface area contributed by atoms with E-state index in [4.69, 9.17) is 0 Å². The van der Waals surface area contributed by atoms with E-state index in [1.807, 2.05) is 0 Å². The fourth-order valence-corrected chi connectivity index (χ4v) is 5.75. The summed E-state index contributed by atoms with van der Waals surface area (Å²) in [6.45, 7) is 29.1. The van der Waals surface area contributed by atoms with Crippen molar-refractivity contribution < 1.29 is 0 Å². The monoisotopic (exact) mass is 336 g/mol. The van der Waals surface area contributed by atoms with Crippen molar-refractivity contribution in [3.63, 3.8) is 0 Å². The minimum Gasteiger partial charge on any atom is -0.0620 e. The Morgan fingerprint density at radius 3 is 0.250 bits per heavy atom. The SMILES string of the molecule is CC1C(C)C(C)C(C)C(C)C1C.CC1C(C)C(C)C(C)C(C)C1C. The van der Waals surface area contributed by atoms with Gasteiger partial charge in [-0.25, -0.2) is 0 Å². The predicted octanol–water partition coefficient (Wildman–Crippen LogP) is 7.63. The molecule has 0 bridgehead atoms. The van der Waals surface area contributed by atoms with Gasteiger partial charge in [-0.3, -0.25) is 0 Å². The number of hydrogen-bond acceptors (Lipinski definition) is 0. The van der Waals surface area contributed by atoms with Gasteiger partial charge in [0.15, 0.2) is 0 Å². The first-order chi connectivity index (χ1) is 10.9. The fourth-order valence-electron chi connectivity index (χ4n) is 5.75. The predicted molar refractivity (Wildman–Crippen MR) is 110 cm³/mol. The van der Waals surface area contributed by atoms with Crippen molar-refractivity contribution in [1.82, 2.24) is 0 Å². The summed E-state index contributed by atoms with van der Waals surface area (Å²) in [5.41, 5.74) is 0. The lowest BCUT2D eigenvalue weighted by Crippen LogP contribution is -2.39. The molecular formula is C24H48. The summed E-state index contributed by atoms with van der Waals surface area (Å²) in [6, 6.07) is 0. The van der Waals surface area contributed by atoms with Crippen LogP contribution in [0.4, 0.5) is 0 Å². The largest absolute Gasteiger partial charge is 0.0620 e. The average Bonchev–Trinajstić information content (AvgIpc) is 2.58. The van der Waals surface area contributed by atoms with E-state index in [1.165, 1.54) is 0 Å². The summed E-state index contributed by atoms with van der Waals surface area (Å²) in [5, 5.41) is 0. The van der Waals surface area contributed by atoms with E-state index in [9.17, 15) is 0 Å². The topological polar surface area (TPSA) is 0 Å². The molecule has 2 saturated carbocycles. The van der Waals surface area contributed by atoms with Crippen LogP contribution in [0, 0.1) is 71.0 Å². The summed E-state index contributed by atoms with van der Waals surface area (Å²) in [4.78, 5) is 0. The molecule has 2 fully saturated rings. The lowest BCUT2D eigenvalue weighted by atomic mass is 9.60. The molecule has 0 aromatic rings. The summed E-state index contributed by atoms with van der Waals surface area (Å²) < 4.78 is 0. The zero-order chi connectivity index (χ0) is 18.9. The number of hydrogen-bond donors (Lipinski definition) is 0. The van der Waals surface area contributed by atoms with Gasteiger partial charge in [-0.1, -0.05) is 83.1 Å². The van der Waals surface area contributed by atoms with Gasteiger partial charge in [0, 0.05) is 0 Å². The first kappa shape index (κ1) is 22.0. The van der Waals surface area contributed by atoms with Gasteiger partial charge in [-0.05, 0) is 71.0 Å². The van der Waals surface area contributed by atoms with E-state index in [-0.39, 0.29) is 0 Å². The van der Waals surface area contributed by atoms with Crippen molar-refractivity contribution in [2.75, 3.05) is 0 Å². The van der Waals surface area contributed by atoms with E-state index in [1.54, 1.807) is 0 Å². The van der Waals surface area contributed by atoms with Gasteiger partial charge in [-0.15, -0.1) is 0 Å². The highest BCUT2D eigenvalue weighted by molar-refractivity contribution is 4.87. The minimum atomic E-state index is 0.909. The molecule has 0 aromatic heterocycles. The van der Waals surface area contributed by atoms with Gasteiger partial charge < -0.3 is 0 Å². The second kappa shape index (κ2) is 8.59. The maximum atomic E-state index is 2.42. The Hall–Kier alpha value is 0. The quantitative estimate of drug-likeness (QED) is 0.426. The zero-order valence-electron chi connectivity index (χ0n) is 18.9. The molecule has 0 atom stereocenters. The highest BCUT2D eigenvalue weighted by Gasteiger charge is 2.39. The molecule has 0 nitrogen and oxygen atoms in total. The Morgan fingerprint density at radius 2 is 0.208 bits per heavy atom. The smallest absolute Gasteiger partial charge is 0.0386 e. The summed E-state index contributed by atoms with van der Waals surface area (Å²) in [6.07, 6.45) is 0. The van der Waals surface area contributed by atoms with Crippen LogP contribution in [0.2, 0.25) is 0 Å². The molecule has 0 radical (unpaired) electrons. The van der Waals surface area contributed by atoms with Crippen molar-refractivity contribution >= 4 is 0 Å². The van der Waals surface area contributed by atoms with E-state index in [2.05, 4.69) is 83.1 Å². The first-order valence-corrected chi connectivity index (χ1v) is 10.9. The lowest BCUT2D eigenvalue weighted by Gasteiger charge is -2.45. The van der Waals surface area contributed by atoms with Crippen LogP contribution in [0.5, 0.6) is 0 Å². The number of rotatable bonds is 0. The lowest BCUT2D eigenvalue weighted by molar-refractivity contribution is 0.0302. The van der Waals surface area contributed by atoms with Crippen molar-refractivity contribution in [1.29, 1.82) is 0 Å². The van der Waals surface area contributed by atoms with Crippen LogP contribution in [0.1, 0.15) is 83.1 Å². The molecule has 0 N–H and O–H groups in total. The van der Waals surface area contributed by atoms with Crippen LogP contribution >= 0.6 is 0 Å². The molecule has 0 unspecified atom stereocenters. The third-order valence-corrected chi connectivity index (χ3v) is 9.95. The Balaban J connectivity index is 0.000000240. The van der Waals surface area contributed by atoms with Crippen molar-refractivity contribution in [3.8, 4) is 0 Å². The minimum absolute atomic E-state index is 0.909. The van der Waals surface area contributed by atoms with Crippen LogP contribution < -0.4 is 0 Å². The third kappa shape index (κ3) is 4.21. The Labute approximate surface area is 154 Å². The Kier molecular flexibility index (Phi) is 7.89. The molecule has 2 rings (SSSR count). The van der Waals surface area contributed by atoms with E-state index < -0.39 is 0 Å². The van der Waals surface area contributed by atoms with Crippen LogP contribution in [0.15, 0.2) is 0 Å². The molecule has 0 aliphatic heterocycles. The van der Waals surface area contributed by atoms with Crippen LogP contribution in [-0.2, 0) is 0 Å². The molecule has 0 aromatic carbocycles. The average molecular weight is 337 g/mol. The molecule has 24 heavy (non-hydrogen) atoms. The van der Waals surface area contributed by atoms with Gasteiger partial charge in [0.1, 0.15) is 0 Å². The summed E-state index contributed by atoms with van der Waals surface area (Å²) in [5.74, 6) is 10.9. The highest BCUT2D eigenvalue weighted by Crippen LogP contribution is 2.45. The molecule has 0 amide bonds. The fraction of sp³-hybridized carbons (Fsp3) is 1.00. The van der Waals surface area contributed by atoms with E-state index in [0.717, 1.165) is 71.0 Å². The molecular weight excluding hydrogens is 288 g/mol. The molecule has 2 aliphatic rings. The molecule has 0 spiro atoms. The Bertz CT molecular complexity index is 219. The van der Waals surface area contributed by atoms with Crippen LogP contribution in [-0.4, -0.2) is 0 Å². The zero-order valence-corrected chi connectivity index (χ0v) is 18.9. The second-order valence-corrected chi connectivity index (χ2v) is 10.3. The first-order valence-electron chi connectivity index (χ1n) is 10.9. The van der Waals surface area contributed by atoms with Gasteiger partial charge in [0.05, 0.1) is 0 Å². The third-order valence-electron chi connectivity index (χ3n) is 9.95. The standard InChI is InChI=1S/2C12H24/c2*1-7-8(2)10(4)12(6)11(5)9(7)3/h2*7-12H,1-6H3. The van der Waals surface area contributed by atoms with E-state index in [0.29, 0.717) is 0 Å². The van der Waals surface area contributed by atoms with Crippen molar-refractivity contribution in [3.05, 3.63) is 0 Å². The summed E-state index contributed by atoms with van der Waals surface area (Å²) >= 11 is 0. The van der Waals surface area contributed by atoms with Crippen LogP contribution in [0.3, 0.4) is 0 Å². The summed E-state index contributed by atoms with van der Waals surface area (Å²) in [7, 11) is 0. The normalized spacial score (nSPS) is 55.5. The van der Waals surface area contributed by atoms with Crippen LogP contribution in [0.25, 0.3) is 0 Å². The van der Waals surface area contributed by atoms with Crippen molar-refractivity contribution in [2.45, 2.75) is 83.1 Å². The van der Waals surface area contributed by atoms with Gasteiger partial charge >= 0.3 is 0 Å². The van der Waals surface area contributed by atoms with Gasteiger partial charge in [-0.2, -0.15) is 0 Å². The van der Waals surface area contributed by atoms with Gasteiger partial charge in [0.25, 0.3) is 0 Å². The molecule has 0 saturated heterocycles. The second-order valence-electron chi connectivity index (χ2n) is 10.3. The maximum absolute atomic E-state index is 2.42. The van der Waals surface area contributed by atoms with E-state index >= 15 is 0 Å². The molecule has 0 heterocycles. The van der Waals surface area contributed by atoms with Gasteiger partial charge in [0.2, 0.25) is 0 Å². The molecule has 0 heteroatoms. The van der Waals surface area contributed by atoms with Crippen molar-refractivity contribution in [2.24, 2.45) is 71.0 Å². The maximum Gasteiger partial charge on any atom is -0.0386 e. The molecule has 2 aliphatic carbocycles. The molecule has 144 valence electrons. The Morgan fingerprint density at radius 1 is 0.167 bits per heavy atom.